The first-order valence-corrected chi connectivity index (χ1v) is 6.44. The predicted molar refractivity (Wildman–Crippen MR) is 79.3 cm³/mol. The van der Waals surface area contributed by atoms with Gasteiger partial charge in [-0.15, -0.1) is 0 Å². The summed E-state index contributed by atoms with van der Waals surface area (Å²) >= 11 is 0. The normalized spacial score (nSPS) is 11.8. The third-order valence-corrected chi connectivity index (χ3v) is 2.89. The van der Waals surface area contributed by atoms with Gasteiger partial charge in [0.2, 0.25) is 5.91 Å². The molecule has 4 heteroatoms. The standard InChI is InChI=1S/C16H17FN2O/c1-11-5-3-7-14(9-11)18-12(2)16(20)19-15-8-4-6-13(17)10-15/h3-10,12,18H,1-2H3,(H,19,20). The van der Waals surface area contributed by atoms with Crippen LogP contribution in [0.2, 0.25) is 0 Å². The Morgan fingerprint density at radius 1 is 1.10 bits per heavy atom. The van der Waals surface area contributed by atoms with E-state index in [1.807, 2.05) is 31.2 Å². The highest BCUT2D eigenvalue weighted by molar-refractivity contribution is 5.96. The first kappa shape index (κ1) is 14.1. The molecule has 0 fully saturated rings. The molecule has 0 heterocycles. The molecular weight excluding hydrogens is 255 g/mol. The van der Waals surface area contributed by atoms with Crippen molar-refractivity contribution < 1.29 is 9.18 Å². The molecule has 0 saturated heterocycles. The Hall–Kier alpha value is -2.36. The zero-order chi connectivity index (χ0) is 14.5. The van der Waals surface area contributed by atoms with Crippen LogP contribution in [0.4, 0.5) is 15.8 Å². The number of hydrogen-bond donors (Lipinski definition) is 2. The molecule has 2 aromatic carbocycles. The van der Waals surface area contributed by atoms with Crippen molar-refractivity contribution in [3.8, 4) is 0 Å². The summed E-state index contributed by atoms with van der Waals surface area (Å²) in [6.45, 7) is 3.75. The van der Waals surface area contributed by atoms with E-state index in [1.165, 1.54) is 12.1 Å². The van der Waals surface area contributed by atoms with Gasteiger partial charge in [0.05, 0.1) is 0 Å². The average Bonchev–Trinajstić information content (AvgIpc) is 2.38. The van der Waals surface area contributed by atoms with E-state index in [-0.39, 0.29) is 11.7 Å². The van der Waals surface area contributed by atoms with E-state index in [0.717, 1.165) is 11.3 Å². The second-order valence-corrected chi connectivity index (χ2v) is 4.74. The molecule has 20 heavy (non-hydrogen) atoms. The molecule has 0 aliphatic rings. The molecule has 1 amide bonds. The number of carbonyl (C=O) groups excluding carboxylic acids is 1. The van der Waals surface area contributed by atoms with Crippen molar-refractivity contribution in [2.45, 2.75) is 19.9 Å². The summed E-state index contributed by atoms with van der Waals surface area (Å²) in [7, 11) is 0. The van der Waals surface area contributed by atoms with Gasteiger partial charge in [0, 0.05) is 11.4 Å². The van der Waals surface area contributed by atoms with Gasteiger partial charge < -0.3 is 10.6 Å². The van der Waals surface area contributed by atoms with Crippen LogP contribution in [0, 0.1) is 12.7 Å². The van der Waals surface area contributed by atoms with Gasteiger partial charge in [-0.1, -0.05) is 18.2 Å². The van der Waals surface area contributed by atoms with Crippen molar-refractivity contribution in [2.75, 3.05) is 10.6 Å². The van der Waals surface area contributed by atoms with Gasteiger partial charge in [0.25, 0.3) is 0 Å². The van der Waals surface area contributed by atoms with Gasteiger partial charge in [0.15, 0.2) is 0 Å². The molecule has 0 aromatic heterocycles. The maximum absolute atomic E-state index is 13.0. The van der Waals surface area contributed by atoms with Gasteiger partial charge >= 0.3 is 0 Å². The number of nitrogens with one attached hydrogen (secondary N) is 2. The van der Waals surface area contributed by atoms with Crippen molar-refractivity contribution >= 4 is 17.3 Å². The Balaban J connectivity index is 1.98. The lowest BCUT2D eigenvalue weighted by atomic mass is 10.2. The summed E-state index contributed by atoms with van der Waals surface area (Å²) < 4.78 is 13.0. The van der Waals surface area contributed by atoms with Crippen LogP contribution in [-0.2, 0) is 4.79 Å². The molecule has 1 unspecified atom stereocenters. The van der Waals surface area contributed by atoms with E-state index in [9.17, 15) is 9.18 Å². The van der Waals surface area contributed by atoms with E-state index in [0.29, 0.717) is 5.69 Å². The van der Waals surface area contributed by atoms with Crippen LogP contribution in [0.1, 0.15) is 12.5 Å². The van der Waals surface area contributed by atoms with E-state index < -0.39 is 6.04 Å². The monoisotopic (exact) mass is 272 g/mol. The summed E-state index contributed by atoms with van der Waals surface area (Å²) in [5.74, 6) is -0.584. The Morgan fingerprint density at radius 2 is 1.80 bits per heavy atom. The van der Waals surface area contributed by atoms with E-state index in [1.54, 1.807) is 19.1 Å². The molecule has 0 spiro atoms. The first-order chi connectivity index (χ1) is 9.54. The number of anilines is 2. The number of benzene rings is 2. The maximum atomic E-state index is 13.0. The molecule has 0 radical (unpaired) electrons. The van der Waals surface area contributed by atoms with Crippen LogP contribution in [0.3, 0.4) is 0 Å². The smallest absolute Gasteiger partial charge is 0.246 e. The molecule has 3 nitrogen and oxygen atoms in total. The topological polar surface area (TPSA) is 41.1 Å². The third kappa shape index (κ3) is 3.82. The fourth-order valence-corrected chi connectivity index (χ4v) is 1.87. The molecule has 0 aliphatic carbocycles. The fraction of sp³-hybridized carbons (Fsp3) is 0.188. The van der Waals surface area contributed by atoms with Gasteiger partial charge in [-0.3, -0.25) is 4.79 Å². The minimum absolute atomic E-state index is 0.211. The fourth-order valence-electron chi connectivity index (χ4n) is 1.87. The lowest BCUT2D eigenvalue weighted by molar-refractivity contribution is -0.116. The van der Waals surface area contributed by atoms with Crippen molar-refractivity contribution in [3.63, 3.8) is 0 Å². The Labute approximate surface area is 117 Å². The lowest BCUT2D eigenvalue weighted by Crippen LogP contribution is -2.31. The van der Waals surface area contributed by atoms with Gasteiger partial charge in [-0.05, 0) is 49.7 Å². The minimum atomic E-state index is -0.417. The summed E-state index contributed by atoms with van der Waals surface area (Å²) in [4.78, 5) is 12.0. The second-order valence-electron chi connectivity index (χ2n) is 4.74. The average molecular weight is 272 g/mol. The third-order valence-electron chi connectivity index (χ3n) is 2.89. The number of rotatable bonds is 4. The second kappa shape index (κ2) is 6.19. The van der Waals surface area contributed by atoms with Crippen molar-refractivity contribution in [1.82, 2.24) is 0 Å². The van der Waals surface area contributed by atoms with Crippen LogP contribution >= 0.6 is 0 Å². The molecular formula is C16H17FN2O. The molecule has 2 rings (SSSR count). The van der Waals surface area contributed by atoms with Crippen molar-refractivity contribution in [2.24, 2.45) is 0 Å². The number of amides is 1. The Morgan fingerprint density at radius 3 is 2.50 bits per heavy atom. The first-order valence-electron chi connectivity index (χ1n) is 6.44. The predicted octanol–water partition coefficient (Wildman–Crippen LogP) is 3.57. The molecule has 1 atom stereocenters. The number of carbonyl (C=O) groups is 1. The number of aryl methyl sites for hydroxylation is 1. The van der Waals surface area contributed by atoms with E-state index in [2.05, 4.69) is 10.6 Å². The Bertz CT molecular complexity index is 613. The summed E-state index contributed by atoms with van der Waals surface area (Å²) in [5.41, 5.74) is 2.45. The SMILES string of the molecule is Cc1cccc(NC(C)C(=O)Nc2cccc(F)c2)c1. The van der Waals surface area contributed by atoms with Gasteiger partial charge in [-0.2, -0.15) is 0 Å². The van der Waals surface area contributed by atoms with Crippen LogP contribution in [0.15, 0.2) is 48.5 Å². The lowest BCUT2D eigenvalue weighted by Gasteiger charge is -2.15. The van der Waals surface area contributed by atoms with Crippen LogP contribution in [-0.4, -0.2) is 11.9 Å². The quantitative estimate of drug-likeness (QED) is 0.893. The summed E-state index contributed by atoms with van der Waals surface area (Å²) in [5, 5.41) is 5.79. The van der Waals surface area contributed by atoms with Crippen LogP contribution in [0.25, 0.3) is 0 Å². The largest absolute Gasteiger partial charge is 0.374 e. The van der Waals surface area contributed by atoms with E-state index in [4.69, 9.17) is 0 Å². The maximum Gasteiger partial charge on any atom is 0.246 e. The minimum Gasteiger partial charge on any atom is -0.374 e. The van der Waals surface area contributed by atoms with Gasteiger partial charge in [0.1, 0.15) is 11.9 Å². The van der Waals surface area contributed by atoms with Crippen LogP contribution < -0.4 is 10.6 Å². The summed E-state index contributed by atoms with van der Waals surface area (Å²) in [6, 6.07) is 13.2. The van der Waals surface area contributed by atoms with Crippen molar-refractivity contribution in [3.05, 3.63) is 59.9 Å². The molecule has 0 bridgehead atoms. The van der Waals surface area contributed by atoms with Crippen molar-refractivity contribution in [1.29, 1.82) is 0 Å². The summed E-state index contributed by atoms with van der Waals surface area (Å²) in [6.07, 6.45) is 0. The Kier molecular flexibility index (Phi) is 4.35. The highest BCUT2D eigenvalue weighted by atomic mass is 19.1. The molecule has 2 N–H and O–H groups in total. The highest BCUT2D eigenvalue weighted by Gasteiger charge is 2.12. The molecule has 2 aromatic rings. The van der Waals surface area contributed by atoms with Crippen LogP contribution in [0.5, 0.6) is 0 Å². The zero-order valence-electron chi connectivity index (χ0n) is 11.5. The zero-order valence-corrected chi connectivity index (χ0v) is 11.5. The van der Waals surface area contributed by atoms with E-state index >= 15 is 0 Å². The molecule has 104 valence electrons. The molecule has 0 aliphatic heterocycles. The molecule has 0 saturated carbocycles. The highest BCUT2D eigenvalue weighted by Crippen LogP contribution is 2.13. The van der Waals surface area contributed by atoms with Gasteiger partial charge in [-0.25, -0.2) is 4.39 Å². The number of hydrogen-bond acceptors (Lipinski definition) is 2. The number of halogens is 1.